The Kier molecular flexibility index (Phi) is 3.29. The smallest absolute Gasteiger partial charge is 0.101 e. The lowest BCUT2D eigenvalue weighted by Gasteiger charge is -2.55. The predicted molar refractivity (Wildman–Crippen MR) is 118 cm³/mol. The second kappa shape index (κ2) is 5.04. The Balaban J connectivity index is 2.08. The molecule has 3 heteroatoms. The van der Waals surface area contributed by atoms with E-state index in [0.717, 1.165) is 16.7 Å². The van der Waals surface area contributed by atoms with Crippen LogP contribution in [0.1, 0.15) is 57.9 Å². The maximum atomic E-state index is 12.3. The van der Waals surface area contributed by atoms with Crippen molar-refractivity contribution < 1.29 is 5.11 Å². The summed E-state index contributed by atoms with van der Waals surface area (Å²) in [7, 11) is 0. The molecule has 146 valence electrons. The van der Waals surface area contributed by atoms with E-state index in [1.807, 2.05) is 6.08 Å². The number of alkyl halides is 1. The highest BCUT2D eigenvalue weighted by Gasteiger charge is 2.60. The van der Waals surface area contributed by atoms with Crippen LogP contribution in [0.2, 0.25) is 0 Å². The van der Waals surface area contributed by atoms with E-state index in [-0.39, 0.29) is 10.8 Å². The van der Waals surface area contributed by atoms with E-state index in [1.54, 1.807) is 0 Å². The summed E-state index contributed by atoms with van der Waals surface area (Å²) in [6.07, 6.45) is 6.91. The maximum Gasteiger partial charge on any atom is 0.101 e. The van der Waals surface area contributed by atoms with E-state index in [4.69, 9.17) is 11.6 Å². The largest absolute Gasteiger partial charge is 0.384 e. The van der Waals surface area contributed by atoms with Crippen LogP contribution in [0.4, 0.5) is 0 Å². The topological polar surface area (TPSA) is 36.0 Å². The summed E-state index contributed by atoms with van der Waals surface area (Å²) in [5, 5.41) is 13.3. The van der Waals surface area contributed by atoms with Crippen LogP contribution in [0.3, 0.4) is 0 Å². The Labute approximate surface area is 172 Å². The van der Waals surface area contributed by atoms with Gasteiger partial charge in [0.05, 0.1) is 0 Å². The van der Waals surface area contributed by atoms with Gasteiger partial charge in [0.2, 0.25) is 0 Å². The summed E-state index contributed by atoms with van der Waals surface area (Å²) < 4.78 is 0. The van der Waals surface area contributed by atoms with Gasteiger partial charge in [-0.25, -0.2) is 0 Å². The van der Waals surface area contributed by atoms with Gasteiger partial charge in [-0.05, 0) is 29.2 Å². The number of rotatable bonds is 1. The van der Waals surface area contributed by atoms with Gasteiger partial charge < -0.3 is 10.1 Å². The first-order valence-electron chi connectivity index (χ1n) is 10.1. The Bertz CT molecular complexity index is 1120. The van der Waals surface area contributed by atoms with Crippen LogP contribution in [0.25, 0.3) is 16.5 Å². The van der Waals surface area contributed by atoms with Crippen LogP contribution in [0.15, 0.2) is 48.6 Å². The summed E-state index contributed by atoms with van der Waals surface area (Å²) in [5.74, 6) is 0. The summed E-state index contributed by atoms with van der Waals surface area (Å²) in [6.45, 7) is 15.0. The molecule has 0 bridgehead atoms. The van der Waals surface area contributed by atoms with Crippen LogP contribution in [-0.4, -0.2) is 21.1 Å². The van der Waals surface area contributed by atoms with Crippen LogP contribution in [0, 0.1) is 5.41 Å². The number of benzene rings is 1. The summed E-state index contributed by atoms with van der Waals surface area (Å²) in [5.41, 5.74) is 4.73. The zero-order valence-electron chi connectivity index (χ0n) is 17.3. The first-order valence-corrected chi connectivity index (χ1v) is 10.5. The van der Waals surface area contributed by atoms with Gasteiger partial charge in [0.15, 0.2) is 0 Å². The zero-order chi connectivity index (χ0) is 20.3. The molecule has 0 unspecified atom stereocenters. The van der Waals surface area contributed by atoms with Crippen LogP contribution < -0.4 is 0 Å². The molecule has 0 saturated heterocycles. The first-order chi connectivity index (χ1) is 13.0. The molecule has 0 saturated carbocycles. The number of halogens is 1. The minimum atomic E-state index is -1.04. The second-order valence-corrected chi connectivity index (χ2v) is 10.6. The minimum Gasteiger partial charge on any atom is -0.384 e. The van der Waals surface area contributed by atoms with Crippen LogP contribution >= 0.6 is 11.6 Å². The molecule has 2 aromatic rings. The minimum absolute atomic E-state index is 0.185. The third kappa shape index (κ3) is 1.80. The van der Waals surface area contributed by atoms with E-state index in [0.29, 0.717) is 6.42 Å². The fourth-order valence-corrected chi connectivity index (χ4v) is 6.17. The van der Waals surface area contributed by atoms with Crippen molar-refractivity contribution in [2.45, 2.75) is 62.8 Å². The molecule has 0 aliphatic heterocycles. The highest BCUT2D eigenvalue weighted by Crippen LogP contribution is 2.63. The summed E-state index contributed by atoms with van der Waals surface area (Å²) in [4.78, 5) is 3.70. The van der Waals surface area contributed by atoms with E-state index in [1.165, 1.54) is 22.2 Å². The van der Waals surface area contributed by atoms with Crippen molar-refractivity contribution in [3.63, 3.8) is 0 Å². The van der Waals surface area contributed by atoms with E-state index in [9.17, 15) is 5.11 Å². The number of hydrogen-bond donors (Lipinski definition) is 2. The molecule has 1 aromatic heterocycles. The Morgan fingerprint density at radius 3 is 2.61 bits per heavy atom. The summed E-state index contributed by atoms with van der Waals surface area (Å²) >= 11 is 6.98. The highest BCUT2D eigenvalue weighted by molar-refractivity contribution is 6.22. The van der Waals surface area contributed by atoms with Crippen molar-refractivity contribution in [3.8, 4) is 0 Å². The van der Waals surface area contributed by atoms with E-state index >= 15 is 0 Å². The van der Waals surface area contributed by atoms with Crippen molar-refractivity contribution in [3.05, 3.63) is 65.4 Å². The van der Waals surface area contributed by atoms with Crippen molar-refractivity contribution in [2.75, 3.05) is 0 Å². The van der Waals surface area contributed by atoms with Crippen molar-refractivity contribution in [1.29, 1.82) is 0 Å². The standard InChI is InChI=1S/C25H28ClNO/c1-7-24(6)15-11-12-22(2,3)21-19-18-14(9-8-10-16(18)27-21)23(4,5)25(28,20(15)19)13-17(24)26/h7-12,17,27-28H,1,13H2,2-6H3/t17-,24-,25-/m1/s1. The first kappa shape index (κ1) is 18.3. The molecular weight excluding hydrogens is 366 g/mol. The number of aliphatic hydroxyl groups is 1. The molecule has 0 fully saturated rings. The number of nitrogens with one attached hydrogen (secondary N) is 1. The average molecular weight is 394 g/mol. The second-order valence-electron chi connectivity index (χ2n) is 10.1. The zero-order valence-corrected chi connectivity index (χ0v) is 18.0. The molecule has 1 aromatic carbocycles. The van der Waals surface area contributed by atoms with Crippen molar-refractivity contribution in [2.24, 2.45) is 5.41 Å². The Morgan fingerprint density at radius 1 is 1.21 bits per heavy atom. The van der Waals surface area contributed by atoms with Gasteiger partial charge in [0, 0.05) is 43.8 Å². The molecule has 5 rings (SSSR count). The Morgan fingerprint density at radius 2 is 1.93 bits per heavy atom. The maximum absolute atomic E-state index is 12.3. The number of aromatic nitrogens is 1. The lowest BCUT2D eigenvalue weighted by Crippen LogP contribution is -2.57. The molecule has 0 radical (unpaired) electrons. The Hall–Kier alpha value is -1.77. The van der Waals surface area contributed by atoms with Crippen molar-refractivity contribution >= 4 is 28.1 Å². The fraction of sp³-hybridized carbons (Fsp3) is 0.440. The van der Waals surface area contributed by atoms with Gasteiger partial charge in [-0.15, -0.1) is 18.2 Å². The SMILES string of the molecule is C=C[C@]1(C)C2=C3c4c([nH]c5cccc(c45)C(C)(C)[C@@]3(O)C[C@H]1Cl)C(C)(C)C=C2. The molecule has 1 heterocycles. The number of aromatic amines is 1. The fourth-order valence-electron chi connectivity index (χ4n) is 5.74. The lowest BCUT2D eigenvalue weighted by atomic mass is 9.52. The molecule has 3 aliphatic carbocycles. The monoisotopic (exact) mass is 393 g/mol. The highest BCUT2D eigenvalue weighted by atomic mass is 35.5. The predicted octanol–water partition coefficient (Wildman–Crippen LogP) is 5.99. The molecule has 28 heavy (non-hydrogen) atoms. The van der Waals surface area contributed by atoms with Gasteiger partial charge in [-0.3, -0.25) is 0 Å². The summed E-state index contributed by atoms with van der Waals surface area (Å²) in [6, 6.07) is 6.40. The molecule has 3 atom stereocenters. The molecule has 2 nitrogen and oxygen atoms in total. The van der Waals surface area contributed by atoms with Gasteiger partial charge in [-0.1, -0.05) is 65.0 Å². The van der Waals surface area contributed by atoms with E-state index in [2.05, 4.69) is 76.5 Å². The molecule has 0 amide bonds. The quantitative estimate of drug-likeness (QED) is 0.452. The molecular formula is C25H28ClNO. The van der Waals surface area contributed by atoms with Gasteiger partial charge in [0.1, 0.15) is 5.60 Å². The normalized spacial score (nSPS) is 34.5. The third-order valence-corrected chi connectivity index (χ3v) is 8.51. The van der Waals surface area contributed by atoms with Crippen LogP contribution in [0.5, 0.6) is 0 Å². The van der Waals surface area contributed by atoms with Gasteiger partial charge in [0.25, 0.3) is 0 Å². The van der Waals surface area contributed by atoms with Crippen molar-refractivity contribution in [1.82, 2.24) is 4.98 Å². The van der Waals surface area contributed by atoms with Crippen LogP contribution in [-0.2, 0) is 10.8 Å². The number of allylic oxidation sites excluding steroid dienone is 4. The third-order valence-electron chi connectivity index (χ3n) is 7.91. The molecule has 2 N–H and O–H groups in total. The number of hydrogen-bond acceptors (Lipinski definition) is 1. The van der Waals surface area contributed by atoms with E-state index < -0.39 is 16.4 Å². The number of H-pyrrole nitrogens is 1. The van der Waals surface area contributed by atoms with Gasteiger partial charge >= 0.3 is 0 Å². The van der Waals surface area contributed by atoms with Gasteiger partial charge in [-0.2, -0.15) is 0 Å². The molecule has 3 aliphatic rings. The lowest BCUT2D eigenvalue weighted by molar-refractivity contribution is 0.00869. The average Bonchev–Trinajstić information content (AvgIpc) is 2.97. The molecule has 0 spiro atoms.